The summed E-state index contributed by atoms with van der Waals surface area (Å²) >= 11 is 0. The molecular weight excluding hydrogens is 190 g/mol. The minimum Gasteiger partial charge on any atom is -0.497 e. The number of hydrogen-bond donors (Lipinski definition) is 0. The SMILES string of the molecule is COc1cccc(CN2CCC(=O)C2)c1. The van der Waals surface area contributed by atoms with Crippen molar-refractivity contribution < 1.29 is 9.53 Å². The number of rotatable bonds is 3. The molecule has 0 radical (unpaired) electrons. The summed E-state index contributed by atoms with van der Waals surface area (Å²) in [6, 6.07) is 7.98. The maximum atomic E-state index is 11.1. The Morgan fingerprint density at radius 2 is 2.33 bits per heavy atom. The molecule has 0 spiro atoms. The maximum Gasteiger partial charge on any atom is 0.148 e. The summed E-state index contributed by atoms with van der Waals surface area (Å²) in [5.74, 6) is 1.22. The average Bonchev–Trinajstić information content (AvgIpc) is 2.64. The summed E-state index contributed by atoms with van der Waals surface area (Å²) in [4.78, 5) is 13.3. The van der Waals surface area contributed by atoms with Crippen molar-refractivity contribution in [3.05, 3.63) is 29.8 Å². The maximum absolute atomic E-state index is 11.1. The molecule has 1 heterocycles. The second-order valence-corrected chi connectivity index (χ2v) is 3.85. The number of carbonyl (C=O) groups excluding carboxylic acids is 1. The molecule has 1 aliphatic rings. The first kappa shape index (κ1) is 10.2. The molecule has 0 bridgehead atoms. The van der Waals surface area contributed by atoms with Gasteiger partial charge in [-0.2, -0.15) is 0 Å². The number of benzene rings is 1. The predicted octanol–water partition coefficient (Wildman–Crippen LogP) is 1.47. The van der Waals surface area contributed by atoms with Gasteiger partial charge in [0.05, 0.1) is 13.7 Å². The van der Waals surface area contributed by atoms with E-state index >= 15 is 0 Å². The molecule has 1 saturated heterocycles. The van der Waals surface area contributed by atoms with Gasteiger partial charge in [0, 0.05) is 19.5 Å². The normalized spacial score (nSPS) is 17.0. The molecule has 1 aromatic rings. The highest BCUT2D eigenvalue weighted by Gasteiger charge is 2.18. The molecule has 1 fully saturated rings. The Kier molecular flexibility index (Phi) is 3.02. The van der Waals surface area contributed by atoms with E-state index < -0.39 is 0 Å². The summed E-state index contributed by atoms with van der Waals surface area (Å²) < 4.78 is 5.15. The van der Waals surface area contributed by atoms with Gasteiger partial charge in [-0.25, -0.2) is 0 Å². The molecule has 0 amide bonds. The van der Waals surface area contributed by atoms with Crippen LogP contribution in [-0.2, 0) is 11.3 Å². The monoisotopic (exact) mass is 205 g/mol. The fourth-order valence-electron chi connectivity index (χ4n) is 1.85. The van der Waals surface area contributed by atoms with Crippen LogP contribution in [0.1, 0.15) is 12.0 Å². The Morgan fingerprint density at radius 3 is 3.00 bits per heavy atom. The van der Waals surface area contributed by atoms with E-state index in [2.05, 4.69) is 11.0 Å². The van der Waals surface area contributed by atoms with Crippen LogP contribution < -0.4 is 4.74 Å². The number of hydrogen-bond acceptors (Lipinski definition) is 3. The second-order valence-electron chi connectivity index (χ2n) is 3.85. The number of Topliss-reactive ketones (excluding diaryl/α,β-unsaturated/α-hetero) is 1. The van der Waals surface area contributed by atoms with Gasteiger partial charge in [-0.1, -0.05) is 12.1 Å². The molecule has 0 aromatic heterocycles. The van der Waals surface area contributed by atoms with Gasteiger partial charge in [0.25, 0.3) is 0 Å². The standard InChI is InChI=1S/C12H15NO2/c1-15-12-4-2-3-10(7-12)8-13-6-5-11(14)9-13/h2-4,7H,5-6,8-9H2,1H3. The average molecular weight is 205 g/mol. The lowest BCUT2D eigenvalue weighted by atomic mass is 10.2. The van der Waals surface area contributed by atoms with Gasteiger partial charge in [0.15, 0.2) is 0 Å². The molecule has 0 aliphatic carbocycles. The van der Waals surface area contributed by atoms with Gasteiger partial charge in [-0.3, -0.25) is 9.69 Å². The highest BCUT2D eigenvalue weighted by molar-refractivity contribution is 5.82. The minimum atomic E-state index is 0.345. The number of likely N-dealkylation sites (tertiary alicyclic amines) is 1. The fourth-order valence-corrected chi connectivity index (χ4v) is 1.85. The van der Waals surface area contributed by atoms with E-state index in [1.54, 1.807) is 7.11 Å². The quantitative estimate of drug-likeness (QED) is 0.748. The van der Waals surface area contributed by atoms with E-state index in [0.717, 1.165) is 18.8 Å². The molecule has 1 aliphatic heterocycles. The Bertz CT molecular complexity index is 362. The third kappa shape index (κ3) is 2.57. The lowest BCUT2D eigenvalue weighted by molar-refractivity contribution is -0.116. The highest BCUT2D eigenvalue weighted by Crippen LogP contribution is 2.16. The molecule has 0 N–H and O–H groups in total. The lowest BCUT2D eigenvalue weighted by Gasteiger charge is -2.13. The van der Waals surface area contributed by atoms with Crippen LogP contribution >= 0.6 is 0 Å². The number of methoxy groups -OCH3 is 1. The Morgan fingerprint density at radius 1 is 1.47 bits per heavy atom. The van der Waals surface area contributed by atoms with Crippen LogP contribution in [0.3, 0.4) is 0 Å². The number of ketones is 1. The van der Waals surface area contributed by atoms with Crippen LogP contribution in [0.25, 0.3) is 0 Å². The molecular formula is C12H15NO2. The van der Waals surface area contributed by atoms with Gasteiger partial charge in [-0.15, -0.1) is 0 Å². The zero-order valence-electron chi connectivity index (χ0n) is 8.90. The number of ether oxygens (including phenoxy) is 1. The largest absolute Gasteiger partial charge is 0.497 e. The fraction of sp³-hybridized carbons (Fsp3) is 0.417. The molecule has 3 heteroatoms. The molecule has 0 saturated carbocycles. The molecule has 0 atom stereocenters. The van der Waals surface area contributed by atoms with E-state index in [1.165, 1.54) is 5.56 Å². The van der Waals surface area contributed by atoms with Crippen molar-refractivity contribution in [2.45, 2.75) is 13.0 Å². The molecule has 80 valence electrons. The van der Waals surface area contributed by atoms with Gasteiger partial charge < -0.3 is 4.74 Å². The first-order valence-electron chi connectivity index (χ1n) is 5.15. The smallest absolute Gasteiger partial charge is 0.148 e. The van der Waals surface area contributed by atoms with E-state index in [0.29, 0.717) is 18.7 Å². The summed E-state index contributed by atoms with van der Waals surface area (Å²) in [5, 5.41) is 0. The van der Waals surface area contributed by atoms with Gasteiger partial charge in [0.2, 0.25) is 0 Å². The Hall–Kier alpha value is -1.35. The van der Waals surface area contributed by atoms with Crippen molar-refractivity contribution in [1.29, 1.82) is 0 Å². The zero-order valence-corrected chi connectivity index (χ0v) is 8.90. The summed E-state index contributed by atoms with van der Waals surface area (Å²) in [7, 11) is 1.67. The van der Waals surface area contributed by atoms with Crippen molar-refractivity contribution in [2.24, 2.45) is 0 Å². The molecule has 15 heavy (non-hydrogen) atoms. The highest BCUT2D eigenvalue weighted by atomic mass is 16.5. The second kappa shape index (κ2) is 4.45. The van der Waals surface area contributed by atoms with Crippen LogP contribution in [0.2, 0.25) is 0 Å². The third-order valence-corrected chi connectivity index (χ3v) is 2.65. The van der Waals surface area contributed by atoms with Crippen molar-refractivity contribution in [1.82, 2.24) is 4.90 Å². The van der Waals surface area contributed by atoms with Crippen molar-refractivity contribution in [3.8, 4) is 5.75 Å². The molecule has 1 aromatic carbocycles. The first-order valence-corrected chi connectivity index (χ1v) is 5.15. The topological polar surface area (TPSA) is 29.5 Å². The Labute approximate surface area is 89.7 Å². The van der Waals surface area contributed by atoms with E-state index in [4.69, 9.17) is 4.74 Å². The van der Waals surface area contributed by atoms with E-state index in [9.17, 15) is 4.79 Å². The summed E-state index contributed by atoms with van der Waals surface area (Å²) in [5.41, 5.74) is 1.20. The van der Waals surface area contributed by atoms with Crippen LogP contribution in [0.5, 0.6) is 5.75 Å². The zero-order chi connectivity index (χ0) is 10.7. The predicted molar refractivity (Wildman–Crippen MR) is 57.9 cm³/mol. The van der Waals surface area contributed by atoms with Crippen LogP contribution in [-0.4, -0.2) is 30.9 Å². The van der Waals surface area contributed by atoms with E-state index in [-0.39, 0.29) is 0 Å². The van der Waals surface area contributed by atoms with Crippen LogP contribution in [0, 0.1) is 0 Å². The van der Waals surface area contributed by atoms with Crippen molar-refractivity contribution >= 4 is 5.78 Å². The minimum absolute atomic E-state index is 0.345. The first-order chi connectivity index (χ1) is 7.28. The third-order valence-electron chi connectivity index (χ3n) is 2.65. The summed E-state index contributed by atoms with van der Waals surface area (Å²) in [6.45, 7) is 2.32. The van der Waals surface area contributed by atoms with Crippen molar-refractivity contribution in [3.63, 3.8) is 0 Å². The Balaban J connectivity index is 2.01. The van der Waals surface area contributed by atoms with Crippen LogP contribution in [0.15, 0.2) is 24.3 Å². The van der Waals surface area contributed by atoms with Gasteiger partial charge in [0.1, 0.15) is 11.5 Å². The van der Waals surface area contributed by atoms with Crippen molar-refractivity contribution in [2.75, 3.05) is 20.2 Å². The van der Waals surface area contributed by atoms with Crippen LogP contribution in [0.4, 0.5) is 0 Å². The molecule has 3 nitrogen and oxygen atoms in total. The number of nitrogens with zero attached hydrogens (tertiary/aromatic N) is 1. The number of carbonyl (C=O) groups is 1. The van der Waals surface area contributed by atoms with E-state index in [1.807, 2.05) is 18.2 Å². The van der Waals surface area contributed by atoms with Gasteiger partial charge >= 0.3 is 0 Å². The lowest BCUT2D eigenvalue weighted by Crippen LogP contribution is -2.19. The molecule has 2 rings (SSSR count). The summed E-state index contributed by atoms with van der Waals surface area (Å²) in [6.07, 6.45) is 0.698. The van der Waals surface area contributed by atoms with Gasteiger partial charge in [-0.05, 0) is 17.7 Å². The molecule has 0 unspecified atom stereocenters.